The van der Waals surface area contributed by atoms with Gasteiger partial charge in [-0.05, 0) is 30.4 Å². The first-order valence-corrected chi connectivity index (χ1v) is 6.97. The van der Waals surface area contributed by atoms with Gasteiger partial charge >= 0.3 is 5.97 Å². The van der Waals surface area contributed by atoms with Gasteiger partial charge in [-0.3, -0.25) is 4.79 Å². The maximum atomic E-state index is 11.6. The number of hydrogen-bond donors (Lipinski definition) is 3. The van der Waals surface area contributed by atoms with Gasteiger partial charge in [0.25, 0.3) is 5.91 Å². The maximum Gasteiger partial charge on any atom is 0.326 e. The lowest BCUT2D eigenvalue weighted by atomic mass is 10.2. The van der Waals surface area contributed by atoms with Crippen molar-refractivity contribution in [2.24, 2.45) is 0 Å². The Morgan fingerprint density at radius 1 is 1.47 bits per heavy atom. The molecule has 1 aromatic rings. The van der Waals surface area contributed by atoms with Crippen molar-refractivity contribution in [2.45, 2.75) is 12.5 Å². The van der Waals surface area contributed by atoms with Gasteiger partial charge in [0.1, 0.15) is 11.8 Å². The molecule has 0 aliphatic heterocycles. The van der Waals surface area contributed by atoms with Crippen LogP contribution in [0.25, 0.3) is 0 Å². The van der Waals surface area contributed by atoms with Crippen molar-refractivity contribution < 1.29 is 19.4 Å². The average Bonchev–Trinajstić information content (AvgIpc) is 2.36. The Morgan fingerprint density at radius 2 is 2.21 bits per heavy atom. The van der Waals surface area contributed by atoms with Crippen molar-refractivity contribution in [3.05, 3.63) is 28.7 Å². The van der Waals surface area contributed by atoms with Gasteiger partial charge in [-0.1, -0.05) is 22.0 Å². The standard InChI is InChI=1S/C12H14BrNO4S/c13-8-2-1-3-9(6-8)18-7-11(15)14-10(4-5-19)12(16)17/h1-3,6,10,19H,4-5,7H2,(H,14,15)(H,16,17). The summed E-state index contributed by atoms with van der Waals surface area (Å²) in [6, 6.07) is 6.10. The molecule has 0 aromatic heterocycles. The Morgan fingerprint density at radius 3 is 2.79 bits per heavy atom. The summed E-state index contributed by atoms with van der Waals surface area (Å²) in [6.45, 7) is -0.229. The van der Waals surface area contributed by atoms with Gasteiger partial charge in [0.05, 0.1) is 0 Å². The molecule has 0 fully saturated rings. The maximum absolute atomic E-state index is 11.6. The van der Waals surface area contributed by atoms with Crippen LogP contribution in [0.15, 0.2) is 28.7 Å². The highest BCUT2D eigenvalue weighted by Gasteiger charge is 2.18. The van der Waals surface area contributed by atoms with Crippen molar-refractivity contribution in [1.82, 2.24) is 5.32 Å². The SMILES string of the molecule is O=C(COc1cccc(Br)c1)NC(CCS)C(=O)O. The second-order valence-corrected chi connectivity index (χ2v) is 5.08. The van der Waals surface area contributed by atoms with Crippen LogP contribution in [0.4, 0.5) is 0 Å². The number of amides is 1. The van der Waals surface area contributed by atoms with Crippen LogP contribution in [-0.4, -0.2) is 35.4 Å². The minimum Gasteiger partial charge on any atom is -0.484 e. The molecule has 0 spiro atoms. The van der Waals surface area contributed by atoms with Crippen LogP contribution < -0.4 is 10.1 Å². The fourth-order valence-electron chi connectivity index (χ4n) is 1.33. The van der Waals surface area contributed by atoms with Gasteiger partial charge in [-0.25, -0.2) is 4.79 Å². The first-order chi connectivity index (χ1) is 9.02. The largest absolute Gasteiger partial charge is 0.484 e. The summed E-state index contributed by atoms with van der Waals surface area (Å²) in [5.41, 5.74) is 0. The van der Waals surface area contributed by atoms with Gasteiger partial charge in [0, 0.05) is 4.47 Å². The van der Waals surface area contributed by atoms with Crippen LogP contribution in [0.5, 0.6) is 5.75 Å². The number of carboxylic acid groups (broad SMARTS) is 1. The number of rotatable bonds is 7. The van der Waals surface area contributed by atoms with Crippen molar-refractivity contribution in [3.63, 3.8) is 0 Å². The van der Waals surface area contributed by atoms with Crippen LogP contribution in [-0.2, 0) is 9.59 Å². The normalized spacial score (nSPS) is 11.7. The van der Waals surface area contributed by atoms with Crippen LogP contribution in [0, 0.1) is 0 Å². The van der Waals surface area contributed by atoms with Gasteiger partial charge in [0.2, 0.25) is 0 Å². The third kappa shape index (κ3) is 5.98. The molecular formula is C12H14BrNO4S. The molecule has 1 amide bonds. The summed E-state index contributed by atoms with van der Waals surface area (Å²) in [5.74, 6) is -0.645. The molecule has 1 unspecified atom stereocenters. The summed E-state index contributed by atoms with van der Waals surface area (Å²) in [4.78, 5) is 22.4. The first kappa shape index (κ1) is 15.8. The lowest BCUT2D eigenvalue weighted by Crippen LogP contribution is -2.43. The van der Waals surface area contributed by atoms with E-state index in [0.717, 1.165) is 4.47 Å². The number of thiol groups is 1. The zero-order valence-electron chi connectivity index (χ0n) is 10.0. The predicted octanol–water partition coefficient (Wildman–Crippen LogP) is 1.72. The van der Waals surface area contributed by atoms with E-state index < -0.39 is 17.9 Å². The number of carbonyl (C=O) groups is 2. The Bertz CT molecular complexity index is 455. The monoisotopic (exact) mass is 347 g/mol. The van der Waals surface area contributed by atoms with E-state index in [1.807, 2.05) is 6.07 Å². The van der Waals surface area contributed by atoms with Gasteiger partial charge in [-0.2, -0.15) is 12.6 Å². The number of halogens is 1. The number of hydrogen-bond acceptors (Lipinski definition) is 4. The zero-order chi connectivity index (χ0) is 14.3. The van der Waals surface area contributed by atoms with E-state index in [1.54, 1.807) is 18.2 Å². The second-order valence-electron chi connectivity index (χ2n) is 3.72. The third-order valence-electron chi connectivity index (χ3n) is 2.22. The molecule has 5 nitrogen and oxygen atoms in total. The Kier molecular flexibility index (Phi) is 6.72. The molecule has 2 N–H and O–H groups in total. The van der Waals surface area contributed by atoms with E-state index in [0.29, 0.717) is 11.5 Å². The summed E-state index contributed by atoms with van der Waals surface area (Å²) in [6.07, 6.45) is 0.265. The molecule has 0 heterocycles. The lowest BCUT2D eigenvalue weighted by Gasteiger charge is -2.13. The second kappa shape index (κ2) is 8.06. The van der Waals surface area contributed by atoms with E-state index in [4.69, 9.17) is 9.84 Å². The molecule has 0 radical (unpaired) electrons. The van der Waals surface area contributed by atoms with Crippen LogP contribution in [0.2, 0.25) is 0 Å². The summed E-state index contributed by atoms with van der Waals surface area (Å²) in [7, 11) is 0. The number of ether oxygens (including phenoxy) is 1. The quantitative estimate of drug-likeness (QED) is 0.656. The van der Waals surface area contributed by atoms with Crippen molar-refractivity contribution in [1.29, 1.82) is 0 Å². The molecule has 1 rings (SSSR count). The zero-order valence-corrected chi connectivity index (χ0v) is 12.5. The van der Waals surface area contributed by atoms with Crippen LogP contribution in [0.3, 0.4) is 0 Å². The van der Waals surface area contributed by atoms with E-state index >= 15 is 0 Å². The fraction of sp³-hybridized carbons (Fsp3) is 0.333. The third-order valence-corrected chi connectivity index (χ3v) is 2.97. The Hall–Kier alpha value is -1.21. The topological polar surface area (TPSA) is 75.6 Å². The molecule has 0 aliphatic rings. The Balaban J connectivity index is 2.44. The van der Waals surface area contributed by atoms with Crippen LogP contribution >= 0.6 is 28.6 Å². The van der Waals surface area contributed by atoms with E-state index in [1.165, 1.54) is 0 Å². The fourth-order valence-corrected chi connectivity index (χ4v) is 1.96. The Labute approximate surface area is 124 Å². The number of aliphatic carboxylic acids is 1. The highest BCUT2D eigenvalue weighted by Crippen LogP contribution is 2.17. The van der Waals surface area contributed by atoms with E-state index in [9.17, 15) is 9.59 Å². The number of nitrogens with one attached hydrogen (secondary N) is 1. The van der Waals surface area contributed by atoms with E-state index in [-0.39, 0.29) is 13.0 Å². The number of benzene rings is 1. The molecule has 0 saturated carbocycles. The predicted molar refractivity (Wildman–Crippen MR) is 77.7 cm³/mol. The van der Waals surface area contributed by atoms with Gasteiger partial charge < -0.3 is 15.2 Å². The minimum atomic E-state index is -1.08. The smallest absolute Gasteiger partial charge is 0.326 e. The van der Waals surface area contributed by atoms with Crippen molar-refractivity contribution in [2.75, 3.05) is 12.4 Å². The van der Waals surface area contributed by atoms with Crippen LogP contribution in [0.1, 0.15) is 6.42 Å². The molecule has 0 saturated heterocycles. The molecule has 7 heteroatoms. The molecule has 1 aromatic carbocycles. The molecule has 19 heavy (non-hydrogen) atoms. The van der Waals surface area contributed by atoms with Crippen molar-refractivity contribution in [3.8, 4) is 5.75 Å². The molecular weight excluding hydrogens is 334 g/mol. The molecule has 1 atom stereocenters. The first-order valence-electron chi connectivity index (χ1n) is 5.54. The highest BCUT2D eigenvalue weighted by molar-refractivity contribution is 9.10. The highest BCUT2D eigenvalue weighted by atomic mass is 79.9. The molecule has 104 valence electrons. The number of carbonyl (C=O) groups excluding carboxylic acids is 1. The summed E-state index contributed by atoms with van der Waals surface area (Å²) < 4.78 is 6.09. The average molecular weight is 348 g/mol. The number of carboxylic acids is 1. The molecule has 0 bridgehead atoms. The van der Waals surface area contributed by atoms with E-state index in [2.05, 4.69) is 33.9 Å². The van der Waals surface area contributed by atoms with Gasteiger partial charge in [0.15, 0.2) is 6.61 Å². The minimum absolute atomic E-state index is 0.229. The summed E-state index contributed by atoms with van der Waals surface area (Å²) >= 11 is 7.23. The van der Waals surface area contributed by atoms with Crippen molar-refractivity contribution >= 4 is 40.4 Å². The lowest BCUT2D eigenvalue weighted by molar-refractivity contribution is -0.142. The van der Waals surface area contributed by atoms with Gasteiger partial charge in [-0.15, -0.1) is 0 Å². The summed E-state index contributed by atoms with van der Waals surface area (Å²) in [5, 5.41) is 11.3. The molecule has 0 aliphatic carbocycles.